The van der Waals surface area contributed by atoms with Gasteiger partial charge in [0, 0.05) is 17.5 Å². The molecule has 124 valence electrons. The van der Waals surface area contributed by atoms with Gasteiger partial charge in [-0.15, -0.1) is 4.91 Å². The molecule has 1 aliphatic heterocycles. The molecule has 23 heavy (non-hydrogen) atoms. The van der Waals surface area contributed by atoms with Crippen molar-refractivity contribution in [2.75, 3.05) is 0 Å². The second kappa shape index (κ2) is 5.41. The molecule has 1 aliphatic carbocycles. The monoisotopic (exact) mass is 315 g/mol. The van der Waals surface area contributed by atoms with Crippen LogP contribution < -0.4 is 5.43 Å². The summed E-state index contributed by atoms with van der Waals surface area (Å²) in [6.07, 6.45) is 3.41. The number of nitroso groups, excluding NO2 is 1. The van der Waals surface area contributed by atoms with Gasteiger partial charge in [0.25, 0.3) is 5.91 Å². The van der Waals surface area contributed by atoms with Crippen LogP contribution in [0.2, 0.25) is 0 Å². The summed E-state index contributed by atoms with van der Waals surface area (Å²) in [4.78, 5) is 23.4. The summed E-state index contributed by atoms with van der Waals surface area (Å²) in [5.41, 5.74) is 4.48. The van der Waals surface area contributed by atoms with Gasteiger partial charge < -0.3 is 0 Å². The molecule has 1 aromatic carbocycles. The fourth-order valence-corrected chi connectivity index (χ4v) is 4.18. The Morgan fingerprint density at radius 3 is 2.48 bits per heavy atom. The molecule has 2 fully saturated rings. The lowest BCUT2D eigenvalue weighted by Crippen LogP contribution is -2.50. The lowest BCUT2D eigenvalue weighted by Gasteiger charge is -2.40. The summed E-state index contributed by atoms with van der Waals surface area (Å²) in [6, 6.07) is 6.85. The van der Waals surface area contributed by atoms with Gasteiger partial charge in [0.15, 0.2) is 0 Å². The summed E-state index contributed by atoms with van der Waals surface area (Å²) in [7, 11) is 0. The minimum Gasteiger partial charge on any atom is -0.268 e. The Balaban J connectivity index is 1.84. The molecule has 0 radical (unpaired) electrons. The van der Waals surface area contributed by atoms with Crippen molar-refractivity contribution in [3.8, 4) is 0 Å². The van der Waals surface area contributed by atoms with Crippen molar-refractivity contribution in [2.45, 2.75) is 58.5 Å². The van der Waals surface area contributed by atoms with Gasteiger partial charge in [-0.2, -0.15) is 0 Å². The van der Waals surface area contributed by atoms with Crippen LogP contribution in [0.3, 0.4) is 0 Å². The summed E-state index contributed by atoms with van der Waals surface area (Å²) in [6.45, 7) is 8.88. The number of rotatable bonds is 2. The molecule has 0 bridgehead atoms. The van der Waals surface area contributed by atoms with Crippen LogP contribution in [0.5, 0.6) is 0 Å². The smallest absolute Gasteiger partial charge is 0.268 e. The zero-order chi connectivity index (χ0) is 16.8. The van der Waals surface area contributed by atoms with Crippen molar-refractivity contribution in [1.82, 2.24) is 10.4 Å². The van der Waals surface area contributed by atoms with Gasteiger partial charge in [0.2, 0.25) is 0 Å². The summed E-state index contributed by atoms with van der Waals surface area (Å²) in [5, 5.41) is 4.68. The molecule has 1 amide bonds. The van der Waals surface area contributed by atoms with E-state index in [0.717, 1.165) is 12.8 Å². The third-order valence-electron chi connectivity index (χ3n) is 5.59. The van der Waals surface area contributed by atoms with E-state index in [9.17, 15) is 9.70 Å². The van der Waals surface area contributed by atoms with Crippen molar-refractivity contribution in [3.63, 3.8) is 0 Å². The SMILES string of the molecule is CC1(C)CC[C@H]2[C@H](C1)NN(C(=O)c1ccc(N=O)cc1)C2(C)C. The minimum absolute atomic E-state index is 0.0420. The topological polar surface area (TPSA) is 61.8 Å². The Morgan fingerprint density at radius 2 is 1.87 bits per heavy atom. The van der Waals surface area contributed by atoms with E-state index in [2.05, 4.69) is 38.3 Å². The Bertz CT molecular complexity index is 622. The van der Waals surface area contributed by atoms with Crippen LogP contribution in [-0.2, 0) is 0 Å². The number of nitrogens with one attached hydrogen (secondary N) is 1. The number of carbonyl (C=O) groups excluding carboxylic acids is 1. The Hall–Kier alpha value is -1.75. The van der Waals surface area contributed by atoms with Gasteiger partial charge in [-0.3, -0.25) is 9.80 Å². The van der Waals surface area contributed by atoms with Gasteiger partial charge in [-0.1, -0.05) is 13.8 Å². The number of hydrogen-bond donors (Lipinski definition) is 1. The molecule has 3 rings (SSSR count). The van der Waals surface area contributed by atoms with Crippen molar-refractivity contribution in [2.24, 2.45) is 16.5 Å². The normalized spacial score (nSPS) is 28.3. The first-order chi connectivity index (χ1) is 10.7. The predicted octanol–water partition coefficient (Wildman–Crippen LogP) is 4.02. The molecular formula is C18H25N3O2. The van der Waals surface area contributed by atoms with E-state index in [-0.39, 0.29) is 11.4 Å². The number of hydrogen-bond acceptors (Lipinski definition) is 4. The summed E-state index contributed by atoms with van der Waals surface area (Å²) in [5.74, 6) is 0.426. The lowest BCUT2D eigenvalue weighted by atomic mass is 9.66. The van der Waals surface area contributed by atoms with Gasteiger partial charge in [-0.05, 0) is 68.0 Å². The highest BCUT2D eigenvalue weighted by Crippen LogP contribution is 2.47. The molecule has 5 heteroatoms. The van der Waals surface area contributed by atoms with Gasteiger partial charge in [-0.25, -0.2) is 5.43 Å². The van der Waals surface area contributed by atoms with Crippen LogP contribution in [0.25, 0.3) is 0 Å². The fraction of sp³-hybridized carbons (Fsp3) is 0.611. The molecule has 0 unspecified atom stereocenters. The van der Waals surface area contributed by atoms with Gasteiger partial charge >= 0.3 is 0 Å². The highest BCUT2D eigenvalue weighted by Gasteiger charge is 2.52. The Morgan fingerprint density at radius 1 is 1.22 bits per heavy atom. The second-order valence-corrected chi connectivity index (χ2v) is 8.18. The van der Waals surface area contributed by atoms with E-state index in [0.29, 0.717) is 28.6 Å². The third-order valence-corrected chi connectivity index (χ3v) is 5.59. The first-order valence-electron chi connectivity index (χ1n) is 8.29. The van der Waals surface area contributed by atoms with Crippen molar-refractivity contribution >= 4 is 11.6 Å². The van der Waals surface area contributed by atoms with Gasteiger partial charge in [0.1, 0.15) is 5.69 Å². The molecule has 0 spiro atoms. The number of nitrogens with zero attached hydrogens (tertiary/aromatic N) is 2. The van der Waals surface area contributed by atoms with Crippen LogP contribution in [0, 0.1) is 16.2 Å². The maximum absolute atomic E-state index is 12.9. The number of benzene rings is 1. The Labute approximate surface area is 137 Å². The standard InChI is InChI=1S/C18H25N3O2/c1-17(2)10-9-14-15(11-17)19-21(18(14,3)4)16(22)12-5-7-13(20-23)8-6-12/h5-8,14-15,19H,9-11H2,1-4H3/t14-,15-/m0/s1. The Kier molecular flexibility index (Phi) is 3.79. The van der Waals surface area contributed by atoms with Crippen molar-refractivity contribution in [1.29, 1.82) is 0 Å². The highest BCUT2D eigenvalue weighted by molar-refractivity contribution is 5.95. The van der Waals surface area contributed by atoms with Crippen LogP contribution >= 0.6 is 0 Å². The predicted molar refractivity (Wildman–Crippen MR) is 90.2 cm³/mol. The van der Waals surface area contributed by atoms with E-state index in [1.54, 1.807) is 29.3 Å². The fourth-order valence-electron chi connectivity index (χ4n) is 4.18. The van der Waals surface area contributed by atoms with E-state index < -0.39 is 0 Å². The van der Waals surface area contributed by atoms with E-state index in [1.807, 2.05) is 0 Å². The molecular weight excluding hydrogens is 290 g/mol. The minimum atomic E-state index is -0.222. The molecule has 1 saturated heterocycles. The average Bonchev–Trinajstić information content (AvgIpc) is 2.75. The maximum Gasteiger partial charge on any atom is 0.268 e. The molecule has 2 aliphatic rings. The quantitative estimate of drug-likeness (QED) is 0.839. The molecule has 1 N–H and O–H groups in total. The van der Waals surface area contributed by atoms with Crippen molar-refractivity contribution < 1.29 is 4.79 Å². The number of carbonyl (C=O) groups is 1. The summed E-state index contributed by atoms with van der Waals surface area (Å²) >= 11 is 0. The van der Waals surface area contributed by atoms with Crippen LogP contribution in [0.1, 0.15) is 57.3 Å². The van der Waals surface area contributed by atoms with Crippen LogP contribution in [0.4, 0.5) is 5.69 Å². The van der Waals surface area contributed by atoms with E-state index in [4.69, 9.17) is 0 Å². The molecule has 1 heterocycles. The van der Waals surface area contributed by atoms with E-state index in [1.165, 1.54) is 6.42 Å². The molecule has 5 nitrogen and oxygen atoms in total. The zero-order valence-corrected chi connectivity index (χ0v) is 14.3. The number of hydrazine groups is 1. The van der Waals surface area contributed by atoms with Gasteiger partial charge in [0.05, 0.1) is 5.54 Å². The second-order valence-electron chi connectivity index (χ2n) is 8.18. The van der Waals surface area contributed by atoms with Crippen molar-refractivity contribution in [3.05, 3.63) is 34.7 Å². The highest BCUT2D eigenvalue weighted by atomic mass is 16.3. The first-order valence-corrected chi connectivity index (χ1v) is 8.29. The van der Waals surface area contributed by atoms with Crippen LogP contribution in [0.15, 0.2) is 29.4 Å². The number of fused-ring (bicyclic) bond motifs is 1. The average molecular weight is 315 g/mol. The number of amides is 1. The van der Waals surface area contributed by atoms with Crippen LogP contribution in [-0.4, -0.2) is 22.5 Å². The lowest BCUT2D eigenvalue weighted by molar-refractivity contribution is 0.0479. The molecule has 1 aromatic rings. The first kappa shape index (κ1) is 16.1. The zero-order valence-electron chi connectivity index (χ0n) is 14.3. The molecule has 1 saturated carbocycles. The third kappa shape index (κ3) is 2.78. The van der Waals surface area contributed by atoms with E-state index >= 15 is 0 Å². The molecule has 2 atom stereocenters. The molecule has 0 aromatic heterocycles. The largest absolute Gasteiger partial charge is 0.268 e. The maximum atomic E-state index is 12.9. The summed E-state index contributed by atoms with van der Waals surface area (Å²) < 4.78 is 0.